The fourth-order valence-corrected chi connectivity index (χ4v) is 4.32. The number of amides is 3. The first-order valence-electron chi connectivity index (χ1n) is 11.4. The van der Waals surface area contributed by atoms with Crippen LogP contribution in [0.3, 0.4) is 0 Å². The van der Waals surface area contributed by atoms with E-state index < -0.39 is 6.04 Å². The molecule has 170 valence electrons. The van der Waals surface area contributed by atoms with Gasteiger partial charge in [-0.1, -0.05) is 35.9 Å². The van der Waals surface area contributed by atoms with Crippen LogP contribution in [0.25, 0.3) is 0 Å². The van der Waals surface area contributed by atoms with Crippen molar-refractivity contribution in [1.29, 1.82) is 0 Å². The number of carbonyl (C=O) groups is 3. The molecule has 3 rings (SSSR count). The van der Waals surface area contributed by atoms with E-state index >= 15 is 0 Å². The summed E-state index contributed by atoms with van der Waals surface area (Å²) in [5.41, 5.74) is 2.28. The van der Waals surface area contributed by atoms with E-state index in [4.69, 9.17) is 0 Å². The van der Waals surface area contributed by atoms with Crippen molar-refractivity contribution in [3.8, 4) is 0 Å². The average molecular weight is 436 g/mol. The maximum atomic E-state index is 13.3. The first-order chi connectivity index (χ1) is 15.4. The van der Waals surface area contributed by atoms with E-state index in [-0.39, 0.29) is 23.6 Å². The molecule has 1 aliphatic heterocycles. The highest BCUT2D eigenvalue weighted by molar-refractivity contribution is 5.97. The van der Waals surface area contributed by atoms with Gasteiger partial charge >= 0.3 is 0 Å². The second-order valence-corrected chi connectivity index (χ2v) is 8.33. The van der Waals surface area contributed by atoms with Crippen LogP contribution in [0.5, 0.6) is 0 Å². The van der Waals surface area contributed by atoms with Crippen LogP contribution in [0.15, 0.2) is 54.6 Å². The van der Waals surface area contributed by atoms with Gasteiger partial charge in [-0.25, -0.2) is 0 Å². The maximum Gasteiger partial charge on any atom is 0.253 e. The molecule has 0 aromatic heterocycles. The fraction of sp³-hybridized carbons (Fsp3) is 0.423. The Bertz CT molecular complexity index is 932. The van der Waals surface area contributed by atoms with Crippen LogP contribution >= 0.6 is 0 Å². The molecule has 1 fully saturated rings. The zero-order valence-corrected chi connectivity index (χ0v) is 19.2. The van der Waals surface area contributed by atoms with Crippen molar-refractivity contribution in [3.63, 3.8) is 0 Å². The number of nitrogens with one attached hydrogen (secondary N) is 1. The molecule has 1 heterocycles. The number of hydrogen-bond donors (Lipinski definition) is 1. The van der Waals surface area contributed by atoms with E-state index in [9.17, 15) is 14.4 Å². The Balaban J connectivity index is 1.72. The van der Waals surface area contributed by atoms with Crippen molar-refractivity contribution in [1.82, 2.24) is 15.1 Å². The van der Waals surface area contributed by atoms with E-state index in [1.54, 1.807) is 17.0 Å². The number of likely N-dealkylation sites (tertiary alicyclic amines) is 1. The molecule has 0 radical (unpaired) electrons. The van der Waals surface area contributed by atoms with Crippen molar-refractivity contribution in [2.45, 2.75) is 39.7 Å². The lowest BCUT2D eigenvalue weighted by atomic mass is 9.87. The summed E-state index contributed by atoms with van der Waals surface area (Å²) in [5, 5.41) is 3.00. The number of nitrogens with zero attached hydrogens (tertiary/aromatic N) is 2. The zero-order chi connectivity index (χ0) is 23.1. The molecule has 0 bridgehead atoms. The predicted molar refractivity (Wildman–Crippen MR) is 125 cm³/mol. The van der Waals surface area contributed by atoms with Crippen LogP contribution in [-0.4, -0.2) is 59.7 Å². The van der Waals surface area contributed by atoms with Gasteiger partial charge in [0.15, 0.2) is 0 Å². The fourth-order valence-electron chi connectivity index (χ4n) is 4.32. The van der Waals surface area contributed by atoms with Crippen molar-refractivity contribution in [2.24, 2.45) is 5.92 Å². The Hall–Kier alpha value is -3.15. The summed E-state index contributed by atoms with van der Waals surface area (Å²) in [6.07, 6.45) is 1.34. The monoisotopic (exact) mass is 435 g/mol. The molecule has 0 aliphatic carbocycles. The highest BCUT2D eigenvalue weighted by atomic mass is 16.2. The summed E-state index contributed by atoms with van der Waals surface area (Å²) in [5.74, 6) is -0.290. The Kier molecular flexibility index (Phi) is 8.03. The largest absolute Gasteiger partial charge is 0.341 e. The third-order valence-corrected chi connectivity index (χ3v) is 6.23. The van der Waals surface area contributed by atoms with Gasteiger partial charge in [-0.05, 0) is 63.8 Å². The van der Waals surface area contributed by atoms with Crippen LogP contribution in [-0.2, 0) is 4.79 Å². The van der Waals surface area contributed by atoms with Gasteiger partial charge in [-0.2, -0.15) is 0 Å². The Morgan fingerprint density at radius 1 is 0.969 bits per heavy atom. The van der Waals surface area contributed by atoms with Crippen molar-refractivity contribution in [3.05, 3.63) is 71.3 Å². The van der Waals surface area contributed by atoms with Crippen LogP contribution in [0, 0.1) is 12.8 Å². The summed E-state index contributed by atoms with van der Waals surface area (Å²) < 4.78 is 0. The number of aryl methyl sites for hydroxylation is 1. The number of rotatable bonds is 7. The summed E-state index contributed by atoms with van der Waals surface area (Å²) >= 11 is 0. The maximum absolute atomic E-state index is 13.3. The van der Waals surface area contributed by atoms with E-state index in [0.29, 0.717) is 50.1 Å². The number of benzene rings is 2. The molecule has 2 aromatic rings. The van der Waals surface area contributed by atoms with Crippen LogP contribution in [0.1, 0.15) is 53.0 Å². The molecule has 1 atom stereocenters. The van der Waals surface area contributed by atoms with Crippen molar-refractivity contribution < 1.29 is 14.4 Å². The van der Waals surface area contributed by atoms with E-state index in [0.717, 1.165) is 5.56 Å². The van der Waals surface area contributed by atoms with Gasteiger partial charge < -0.3 is 15.1 Å². The third kappa shape index (κ3) is 5.55. The normalized spacial score (nSPS) is 15.2. The van der Waals surface area contributed by atoms with Gasteiger partial charge in [0.05, 0.1) is 0 Å². The first kappa shape index (κ1) is 23.5. The number of carbonyl (C=O) groups excluding carboxylic acids is 3. The minimum atomic E-state index is -0.598. The second kappa shape index (κ2) is 10.9. The molecule has 6 heteroatoms. The quantitative estimate of drug-likeness (QED) is 0.724. The minimum Gasteiger partial charge on any atom is -0.341 e. The predicted octanol–water partition coefficient (Wildman–Crippen LogP) is 3.51. The molecule has 2 aromatic carbocycles. The SMILES string of the molecule is CCN(CC)C(=O)C(NC(=O)c1ccccc1)C1CCN(C(=O)c2cccc(C)c2)CC1. The second-order valence-electron chi connectivity index (χ2n) is 8.33. The topological polar surface area (TPSA) is 69.7 Å². The average Bonchev–Trinajstić information content (AvgIpc) is 2.83. The lowest BCUT2D eigenvalue weighted by Crippen LogP contribution is -2.54. The molecule has 1 N–H and O–H groups in total. The molecular formula is C26H33N3O3. The van der Waals surface area contributed by atoms with E-state index in [1.165, 1.54) is 0 Å². The summed E-state index contributed by atoms with van der Waals surface area (Å²) in [6.45, 7) is 8.19. The number of likely N-dealkylation sites (N-methyl/N-ethyl adjacent to an activating group) is 1. The van der Waals surface area contributed by atoms with Crippen LogP contribution in [0.2, 0.25) is 0 Å². The van der Waals surface area contributed by atoms with Crippen LogP contribution < -0.4 is 5.32 Å². The molecule has 3 amide bonds. The summed E-state index contributed by atoms with van der Waals surface area (Å²) in [7, 11) is 0. The zero-order valence-electron chi connectivity index (χ0n) is 19.2. The van der Waals surface area contributed by atoms with Gasteiger partial charge in [-0.3, -0.25) is 14.4 Å². The highest BCUT2D eigenvalue weighted by Gasteiger charge is 2.35. The van der Waals surface area contributed by atoms with Gasteiger partial charge in [-0.15, -0.1) is 0 Å². The minimum absolute atomic E-state index is 0.0164. The highest BCUT2D eigenvalue weighted by Crippen LogP contribution is 2.24. The molecule has 1 aliphatic rings. The molecule has 0 spiro atoms. The van der Waals surface area contributed by atoms with Gasteiger partial charge in [0.1, 0.15) is 6.04 Å². The molecule has 0 saturated carbocycles. The van der Waals surface area contributed by atoms with Gasteiger partial charge in [0.2, 0.25) is 5.91 Å². The van der Waals surface area contributed by atoms with E-state index in [2.05, 4.69) is 5.32 Å². The molecular weight excluding hydrogens is 402 g/mol. The number of hydrogen-bond acceptors (Lipinski definition) is 3. The molecule has 32 heavy (non-hydrogen) atoms. The number of piperidine rings is 1. The van der Waals surface area contributed by atoms with Crippen molar-refractivity contribution >= 4 is 17.7 Å². The standard InChI is InChI=1S/C26H33N3O3/c1-4-28(5-2)26(32)23(27-24(30)21-11-7-6-8-12-21)20-14-16-29(17-15-20)25(31)22-13-9-10-19(3)18-22/h6-13,18,20,23H,4-5,14-17H2,1-3H3,(H,27,30). The Morgan fingerprint density at radius 2 is 1.59 bits per heavy atom. The summed E-state index contributed by atoms with van der Waals surface area (Å²) in [4.78, 5) is 42.6. The van der Waals surface area contributed by atoms with E-state index in [1.807, 2.05) is 68.1 Å². The smallest absolute Gasteiger partial charge is 0.253 e. The third-order valence-electron chi connectivity index (χ3n) is 6.23. The van der Waals surface area contributed by atoms with Crippen LogP contribution in [0.4, 0.5) is 0 Å². The lowest BCUT2D eigenvalue weighted by molar-refractivity contribution is -0.134. The summed E-state index contributed by atoms with van der Waals surface area (Å²) in [6, 6.07) is 16.0. The Labute approximate surface area is 190 Å². The molecule has 1 unspecified atom stereocenters. The molecule has 6 nitrogen and oxygen atoms in total. The first-order valence-corrected chi connectivity index (χ1v) is 11.4. The lowest BCUT2D eigenvalue weighted by Gasteiger charge is -2.37. The van der Waals surface area contributed by atoms with Gasteiger partial charge in [0.25, 0.3) is 11.8 Å². The van der Waals surface area contributed by atoms with Gasteiger partial charge in [0, 0.05) is 37.3 Å². The Morgan fingerprint density at radius 3 is 2.19 bits per heavy atom. The van der Waals surface area contributed by atoms with Crippen molar-refractivity contribution in [2.75, 3.05) is 26.2 Å². The molecule has 1 saturated heterocycles.